The van der Waals surface area contributed by atoms with Gasteiger partial charge in [0.05, 0.1) is 5.41 Å². The van der Waals surface area contributed by atoms with Gasteiger partial charge in [0.2, 0.25) is 0 Å². The fourth-order valence-corrected chi connectivity index (χ4v) is 3.14. The van der Waals surface area contributed by atoms with E-state index in [9.17, 15) is 9.90 Å². The highest BCUT2D eigenvalue weighted by molar-refractivity contribution is 5.75. The molecule has 1 aliphatic heterocycles. The molecule has 3 nitrogen and oxygen atoms in total. The number of carboxylic acids is 1. The van der Waals surface area contributed by atoms with Gasteiger partial charge in [-0.2, -0.15) is 0 Å². The van der Waals surface area contributed by atoms with E-state index >= 15 is 0 Å². The van der Waals surface area contributed by atoms with Gasteiger partial charge in [-0.25, -0.2) is 0 Å². The van der Waals surface area contributed by atoms with E-state index in [4.69, 9.17) is 0 Å². The Balaban J connectivity index is 2.09. The molecule has 0 saturated carbocycles. The van der Waals surface area contributed by atoms with Crippen molar-refractivity contribution >= 4 is 5.97 Å². The lowest BCUT2D eigenvalue weighted by molar-refractivity contribution is -0.151. The number of hydrogen-bond donors (Lipinski definition) is 1. The average molecular weight is 237 g/mol. The van der Waals surface area contributed by atoms with Gasteiger partial charge in [0.1, 0.15) is 0 Å². The monoisotopic (exact) mass is 237 g/mol. The molecular weight excluding hydrogens is 214 g/mol. The fraction of sp³-hybridized carbons (Fsp3) is 0.786. The molecule has 2 aliphatic rings. The summed E-state index contributed by atoms with van der Waals surface area (Å²) in [5.74, 6) is -0.410. The highest BCUT2D eigenvalue weighted by atomic mass is 16.4. The molecule has 1 fully saturated rings. The highest BCUT2D eigenvalue weighted by Gasteiger charge is 2.48. The molecule has 0 aromatic heterocycles. The zero-order chi connectivity index (χ0) is 12.5. The number of likely N-dealkylation sites (tertiary alicyclic amines) is 1. The van der Waals surface area contributed by atoms with E-state index in [-0.39, 0.29) is 5.92 Å². The Hall–Kier alpha value is -0.830. The Morgan fingerprint density at radius 2 is 2.29 bits per heavy atom. The van der Waals surface area contributed by atoms with Crippen LogP contribution in [0.25, 0.3) is 0 Å². The molecule has 0 radical (unpaired) electrons. The molecule has 0 bridgehead atoms. The minimum Gasteiger partial charge on any atom is -0.481 e. The third kappa shape index (κ3) is 2.25. The summed E-state index contributed by atoms with van der Waals surface area (Å²) in [5.41, 5.74) is -0.523. The van der Waals surface area contributed by atoms with Crippen LogP contribution in [0.1, 0.15) is 39.5 Å². The Labute approximate surface area is 103 Å². The van der Waals surface area contributed by atoms with Crippen molar-refractivity contribution in [3.8, 4) is 0 Å². The first-order valence-corrected chi connectivity index (χ1v) is 6.70. The van der Waals surface area contributed by atoms with Crippen LogP contribution in [0, 0.1) is 11.3 Å². The second-order valence-corrected chi connectivity index (χ2v) is 5.76. The van der Waals surface area contributed by atoms with E-state index in [1.807, 2.05) is 13.8 Å². The largest absolute Gasteiger partial charge is 0.481 e. The molecule has 0 spiro atoms. The Kier molecular flexibility index (Phi) is 3.57. The molecule has 96 valence electrons. The van der Waals surface area contributed by atoms with Crippen LogP contribution in [0.15, 0.2) is 12.2 Å². The van der Waals surface area contributed by atoms with Crippen molar-refractivity contribution < 1.29 is 9.90 Å². The Bertz CT molecular complexity index is 324. The maximum atomic E-state index is 11.5. The first-order chi connectivity index (χ1) is 8.06. The van der Waals surface area contributed by atoms with Gasteiger partial charge in [-0.15, -0.1) is 0 Å². The number of carboxylic acid groups (broad SMARTS) is 1. The lowest BCUT2D eigenvalue weighted by atomic mass is 9.76. The molecule has 1 N–H and O–H groups in total. The second kappa shape index (κ2) is 4.81. The topological polar surface area (TPSA) is 40.5 Å². The average Bonchev–Trinajstić information content (AvgIpc) is 2.76. The second-order valence-electron chi connectivity index (χ2n) is 5.76. The summed E-state index contributed by atoms with van der Waals surface area (Å²) in [6, 6.07) is 0.476. The van der Waals surface area contributed by atoms with Gasteiger partial charge in [0.15, 0.2) is 0 Å². The summed E-state index contributed by atoms with van der Waals surface area (Å²) in [5, 5.41) is 9.51. The van der Waals surface area contributed by atoms with E-state index in [2.05, 4.69) is 17.1 Å². The smallest absolute Gasteiger partial charge is 0.311 e. The molecule has 2 atom stereocenters. The highest BCUT2D eigenvalue weighted by Crippen LogP contribution is 2.39. The summed E-state index contributed by atoms with van der Waals surface area (Å²) in [7, 11) is 0. The molecule has 1 heterocycles. The van der Waals surface area contributed by atoms with Gasteiger partial charge in [-0.1, -0.05) is 26.0 Å². The number of carbonyl (C=O) groups is 1. The van der Waals surface area contributed by atoms with Crippen molar-refractivity contribution in [2.24, 2.45) is 11.3 Å². The SMILES string of the molecule is CC(C)C1(C(=O)O)CCN(C2C=CCCC2)C1. The van der Waals surface area contributed by atoms with Gasteiger partial charge in [0, 0.05) is 12.6 Å². The maximum absolute atomic E-state index is 11.5. The number of hydrogen-bond acceptors (Lipinski definition) is 2. The van der Waals surface area contributed by atoms with Crippen molar-refractivity contribution in [3.63, 3.8) is 0 Å². The predicted octanol–water partition coefficient (Wildman–Crippen LogP) is 2.53. The Morgan fingerprint density at radius 3 is 2.76 bits per heavy atom. The van der Waals surface area contributed by atoms with E-state index < -0.39 is 11.4 Å². The molecule has 1 aliphatic carbocycles. The molecular formula is C14H23NO2. The van der Waals surface area contributed by atoms with Gasteiger partial charge in [-0.05, 0) is 38.1 Å². The van der Waals surface area contributed by atoms with Crippen molar-refractivity contribution in [1.29, 1.82) is 0 Å². The van der Waals surface area contributed by atoms with Crippen LogP contribution in [0.4, 0.5) is 0 Å². The zero-order valence-corrected chi connectivity index (χ0v) is 10.9. The minimum absolute atomic E-state index is 0.206. The van der Waals surface area contributed by atoms with E-state index in [1.165, 1.54) is 19.3 Å². The van der Waals surface area contributed by atoms with Crippen LogP contribution in [0.3, 0.4) is 0 Å². The number of aliphatic carboxylic acids is 1. The van der Waals surface area contributed by atoms with Gasteiger partial charge in [-0.3, -0.25) is 9.69 Å². The van der Waals surface area contributed by atoms with Gasteiger partial charge < -0.3 is 5.11 Å². The molecule has 1 saturated heterocycles. The minimum atomic E-state index is -0.616. The van der Waals surface area contributed by atoms with Crippen molar-refractivity contribution in [1.82, 2.24) is 4.90 Å². The van der Waals surface area contributed by atoms with Crippen LogP contribution < -0.4 is 0 Å². The molecule has 3 heteroatoms. The van der Waals surface area contributed by atoms with Crippen molar-refractivity contribution in [2.45, 2.75) is 45.6 Å². The van der Waals surface area contributed by atoms with Crippen LogP contribution in [0.5, 0.6) is 0 Å². The summed E-state index contributed by atoms with van der Waals surface area (Å²) in [6.07, 6.45) is 8.90. The van der Waals surface area contributed by atoms with Crippen molar-refractivity contribution in [3.05, 3.63) is 12.2 Å². The maximum Gasteiger partial charge on any atom is 0.311 e. The van der Waals surface area contributed by atoms with Crippen LogP contribution in [0.2, 0.25) is 0 Å². The molecule has 2 unspecified atom stereocenters. The van der Waals surface area contributed by atoms with E-state index in [0.29, 0.717) is 6.04 Å². The van der Waals surface area contributed by atoms with E-state index in [1.54, 1.807) is 0 Å². The molecule has 0 amide bonds. The third-order valence-electron chi connectivity index (χ3n) is 4.56. The summed E-state index contributed by atoms with van der Waals surface area (Å²) >= 11 is 0. The van der Waals surface area contributed by atoms with Gasteiger partial charge >= 0.3 is 5.97 Å². The Morgan fingerprint density at radius 1 is 1.53 bits per heavy atom. The van der Waals surface area contributed by atoms with Gasteiger partial charge in [0.25, 0.3) is 0 Å². The summed E-state index contributed by atoms with van der Waals surface area (Å²) < 4.78 is 0. The third-order valence-corrected chi connectivity index (χ3v) is 4.56. The van der Waals surface area contributed by atoms with Crippen molar-refractivity contribution in [2.75, 3.05) is 13.1 Å². The lowest BCUT2D eigenvalue weighted by Gasteiger charge is -2.32. The molecule has 2 rings (SSSR count). The van der Waals surface area contributed by atoms with Crippen LogP contribution in [-0.2, 0) is 4.79 Å². The predicted molar refractivity (Wildman–Crippen MR) is 67.9 cm³/mol. The standard InChI is InChI=1S/C14H23NO2/c1-11(2)14(13(16)17)8-9-15(10-14)12-6-4-3-5-7-12/h4,6,11-12H,3,5,7-10H2,1-2H3,(H,16,17). The van der Waals surface area contributed by atoms with Crippen LogP contribution >= 0.6 is 0 Å². The molecule has 0 aromatic rings. The number of rotatable bonds is 3. The number of nitrogens with zero attached hydrogens (tertiary/aromatic N) is 1. The molecule has 17 heavy (non-hydrogen) atoms. The normalized spacial score (nSPS) is 34.4. The number of allylic oxidation sites excluding steroid dienone is 1. The molecule has 0 aromatic carbocycles. The quantitative estimate of drug-likeness (QED) is 0.767. The first kappa shape index (κ1) is 12.6. The zero-order valence-electron chi connectivity index (χ0n) is 10.9. The lowest BCUT2D eigenvalue weighted by Crippen LogP contribution is -2.41. The van der Waals surface area contributed by atoms with Crippen LogP contribution in [-0.4, -0.2) is 35.1 Å². The summed E-state index contributed by atoms with van der Waals surface area (Å²) in [6.45, 7) is 5.72. The van der Waals surface area contributed by atoms with E-state index in [0.717, 1.165) is 19.5 Å². The fourth-order valence-electron chi connectivity index (χ4n) is 3.14. The first-order valence-electron chi connectivity index (χ1n) is 6.70. The summed E-state index contributed by atoms with van der Waals surface area (Å²) in [4.78, 5) is 13.9.